The molecule has 0 bridgehead atoms. The van der Waals surface area contributed by atoms with E-state index in [-0.39, 0.29) is 17.3 Å². The highest BCUT2D eigenvalue weighted by atomic mass is 19.1. The average Bonchev–Trinajstić information content (AvgIpc) is 3.09. The third kappa shape index (κ3) is 3.46. The van der Waals surface area contributed by atoms with Crippen LogP contribution in [0.15, 0.2) is 36.4 Å². The normalized spacial score (nSPS) is 22.0. The summed E-state index contributed by atoms with van der Waals surface area (Å²) >= 11 is 0. The maximum absolute atomic E-state index is 13.3. The summed E-state index contributed by atoms with van der Waals surface area (Å²) in [5.41, 5.74) is 3.16. The van der Waals surface area contributed by atoms with Crippen LogP contribution in [0.2, 0.25) is 0 Å². The number of carbonyl (C=O) groups excluding carboxylic acids is 1. The van der Waals surface area contributed by atoms with E-state index in [4.69, 9.17) is 4.74 Å². The van der Waals surface area contributed by atoms with Crippen LogP contribution >= 0.6 is 0 Å². The van der Waals surface area contributed by atoms with Gasteiger partial charge in [0.1, 0.15) is 5.82 Å². The summed E-state index contributed by atoms with van der Waals surface area (Å²) in [6.07, 6.45) is 1.70. The highest BCUT2D eigenvalue weighted by Gasteiger charge is 2.46. The molecule has 0 aromatic heterocycles. The number of hydrogen-bond acceptors (Lipinski definition) is 6. The number of nitro groups is 1. The maximum atomic E-state index is 13.3. The van der Waals surface area contributed by atoms with Crippen molar-refractivity contribution in [3.05, 3.63) is 57.9 Å². The van der Waals surface area contributed by atoms with Gasteiger partial charge in [-0.2, -0.15) is 0 Å². The zero-order chi connectivity index (χ0) is 22.4. The van der Waals surface area contributed by atoms with Crippen LogP contribution in [0.3, 0.4) is 0 Å². The lowest BCUT2D eigenvalue weighted by Gasteiger charge is -2.40. The molecule has 8 nitrogen and oxygen atoms in total. The Morgan fingerprint density at radius 2 is 2.12 bits per heavy atom. The fourth-order valence-electron chi connectivity index (χ4n) is 5.29. The average molecular weight is 440 g/mol. The van der Waals surface area contributed by atoms with E-state index in [1.807, 2.05) is 19.2 Å². The topological polar surface area (TPSA) is 79.2 Å². The summed E-state index contributed by atoms with van der Waals surface area (Å²) in [5.74, 6) is -0.0742. The first-order valence-corrected chi connectivity index (χ1v) is 10.9. The smallest absolute Gasteiger partial charge is 0.313 e. The summed E-state index contributed by atoms with van der Waals surface area (Å²) in [7, 11) is 1.84. The Labute approximate surface area is 185 Å². The first kappa shape index (κ1) is 20.7. The zero-order valence-electron chi connectivity index (χ0n) is 17.9. The number of para-hydroxylation sites is 1. The second-order valence-corrected chi connectivity index (χ2v) is 8.63. The van der Waals surface area contributed by atoms with Gasteiger partial charge >= 0.3 is 5.69 Å². The molecule has 9 heteroatoms. The SMILES string of the molecule is CN1C(=O)CN2c3c(cccc31)C1CN(CCCOc3ccc(F)cc3[N+](=O)[O-])CCC12. The van der Waals surface area contributed by atoms with Gasteiger partial charge in [-0.15, -0.1) is 0 Å². The number of rotatable bonds is 6. The van der Waals surface area contributed by atoms with E-state index in [1.54, 1.807) is 4.90 Å². The van der Waals surface area contributed by atoms with Gasteiger partial charge in [-0.05, 0) is 36.6 Å². The van der Waals surface area contributed by atoms with Gasteiger partial charge < -0.3 is 19.4 Å². The fourth-order valence-corrected chi connectivity index (χ4v) is 5.29. The summed E-state index contributed by atoms with van der Waals surface area (Å²) in [6.45, 7) is 3.41. The van der Waals surface area contributed by atoms with Crippen LogP contribution in [0.4, 0.5) is 21.5 Å². The molecule has 0 saturated carbocycles. The lowest BCUT2D eigenvalue weighted by Crippen LogP contribution is -2.51. The Kier molecular flexibility index (Phi) is 5.21. The number of likely N-dealkylation sites (N-methyl/N-ethyl adjacent to an activating group) is 1. The van der Waals surface area contributed by atoms with Gasteiger partial charge in [0.15, 0.2) is 5.75 Å². The predicted octanol–water partition coefficient (Wildman–Crippen LogP) is 3.16. The summed E-state index contributed by atoms with van der Waals surface area (Å²) in [5, 5.41) is 11.1. The van der Waals surface area contributed by atoms with E-state index < -0.39 is 10.7 Å². The molecule has 1 saturated heterocycles. The number of carbonyl (C=O) groups is 1. The molecule has 3 heterocycles. The van der Waals surface area contributed by atoms with Crippen LogP contribution in [0.5, 0.6) is 5.75 Å². The molecule has 2 unspecified atom stereocenters. The molecule has 2 aromatic carbocycles. The standard InChI is InChI=1S/C23H25FN4O4/c1-25-19-5-2-4-16-17-13-26(10-8-18(17)27(23(16)19)14-22(25)29)9-3-11-32-21-7-6-15(24)12-20(21)28(30)31/h2,4-7,12,17-18H,3,8-11,13-14H2,1H3. The number of amides is 1. The van der Waals surface area contributed by atoms with E-state index in [9.17, 15) is 19.3 Å². The minimum absolute atomic E-state index is 0.0928. The van der Waals surface area contributed by atoms with Crippen molar-refractivity contribution >= 4 is 23.0 Å². The van der Waals surface area contributed by atoms with Gasteiger partial charge in [-0.25, -0.2) is 4.39 Å². The van der Waals surface area contributed by atoms with Gasteiger partial charge in [-0.3, -0.25) is 14.9 Å². The number of nitro benzene ring substituents is 1. The number of anilines is 2. The summed E-state index contributed by atoms with van der Waals surface area (Å²) < 4.78 is 18.9. The van der Waals surface area contributed by atoms with E-state index in [0.29, 0.717) is 31.5 Å². The number of ether oxygens (including phenoxy) is 1. The molecule has 32 heavy (non-hydrogen) atoms. The first-order valence-electron chi connectivity index (χ1n) is 10.9. The van der Waals surface area contributed by atoms with E-state index in [1.165, 1.54) is 23.4 Å². The van der Waals surface area contributed by atoms with Crippen LogP contribution in [-0.2, 0) is 4.79 Å². The molecule has 0 spiro atoms. The van der Waals surface area contributed by atoms with Crippen molar-refractivity contribution in [1.29, 1.82) is 0 Å². The highest BCUT2D eigenvalue weighted by molar-refractivity contribution is 6.04. The number of nitrogens with zero attached hydrogens (tertiary/aromatic N) is 4. The molecule has 3 aliphatic rings. The van der Waals surface area contributed by atoms with Gasteiger partial charge in [-0.1, -0.05) is 12.1 Å². The summed E-state index contributed by atoms with van der Waals surface area (Å²) in [4.78, 5) is 29.4. The van der Waals surface area contributed by atoms with Crippen molar-refractivity contribution in [1.82, 2.24) is 4.90 Å². The minimum atomic E-state index is -0.655. The van der Waals surface area contributed by atoms with Crippen molar-refractivity contribution in [2.24, 2.45) is 0 Å². The van der Waals surface area contributed by atoms with Crippen LogP contribution in [0.25, 0.3) is 0 Å². The third-order valence-corrected chi connectivity index (χ3v) is 6.83. The molecule has 168 valence electrons. The number of benzene rings is 2. The molecule has 1 fully saturated rings. The molecule has 5 rings (SSSR count). The molecule has 0 N–H and O–H groups in total. The van der Waals surface area contributed by atoms with Gasteiger partial charge in [0.05, 0.1) is 35.5 Å². The lowest BCUT2D eigenvalue weighted by molar-refractivity contribution is -0.386. The van der Waals surface area contributed by atoms with Crippen molar-refractivity contribution in [3.8, 4) is 5.75 Å². The Hall–Kier alpha value is -3.20. The van der Waals surface area contributed by atoms with E-state index in [0.717, 1.165) is 37.8 Å². The minimum Gasteiger partial charge on any atom is -0.487 e. The monoisotopic (exact) mass is 440 g/mol. The van der Waals surface area contributed by atoms with Crippen molar-refractivity contribution in [3.63, 3.8) is 0 Å². The van der Waals surface area contributed by atoms with Crippen LogP contribution in [0, 0.1) is 15.9 Å². The second-order valence-electron chi connectivity index (χ2n) is 8.63. The van der Waals surface area contributed by atoms with Crippen molar-refractivity contribution in [2.45, 2.75) is 24.8 Å². The molecule has 0 aliphatic carbocycles. The van der Waals surface area contributed by atoms with Crippen LogP contribution < -0.4 is 14.5 Å². The molecule has 3 aliphatic heterocycles. The number of halogens is 1. The second kappa shape index (κ2) is 8.05. The predicted molar refractivity (Wildman–Crippen MR) is 118 cm³/mol. The highest BCUT2D eigenvalue weighted by Crippen LogP contribution is 2.50. The Bertz CT molecular complexity index is 1080. The third-order valence-electron chi connectivity index (χ3n) is 6.83. The Morgan fingerprint density at radius 3 is 2.94 bits per heavy atom. The largest absolute Gasteiger partial charge is 0.487 e. The van der Waals surface area contributed by atoms with E-state index in [2.05, 4.69) is 15.9 Å². The van der Waals surface area contributed by atoms with Crippen LogP contribution in [-0.4, -0.2) is 61.6 Å². The van der Waals surface area contributed by atoms with E-state index >= 15 is 0 Å². The molecule has 2 atom stereocenters. The Morgan fingerprint density at radius 1 is 1.28 bits per heavy atom. The summed E-state index contributed by atoms with van der Waals surface area (Å²) in [6, 6.07) is 9.93. The number of fused-ring (bicyclic) bond motifs is 3. The zero-order valence-corrected chi connectivity index (χ0v) is 17.9. The molecular formula is C23H25FN4O4. The number of likely N-dealkylation sites (tertiary alicyclic amines) is 1. The molecule has 1 amide bonds. The van der Waals surface area contributed by atoms with Crippen molar-refractivity contribution < 1.29 is 18.8 Å². The number of hydrogen-bond donors (Lipinski definition) is 0. The van der Waals surface area contributed by atoms with Crippen molar-refractivity contribution in [2.75, 3.05) is 49.6 Å². The maximum Gasteiger partial charge on any atom is 0.313 e. The first-order chi connectivity index (χ1) is 15.4. The molecular weight excluding hydrogens is 415 g/mol. The quantitative estimate of drug-likeness (QED) is 0.390. The van der Waals surface area contributed by atoms with Gasteiger partial charge in [0, 0.05) is 38.6 Å². The number of piperidine rings is 1. The molecule has 0 radical (unpaired) electrons. The lowest BCUT2D eigenvalue weighted by atomic mass is 9.89. The van der Waals surface area contributed by atoms with Crippen LogP contribution in [0.1, 0.15) is 24.3 Å². The van der Waals surface area contributed by atoms with Gasteiger partial charge in [0.2, 0.25) is 5.91 Å². The molecule has 2 aromatic rings. The fraction of sp³-hybridized carbons (Fsp3) is 0.435. The van der Waals surface area contributed by atoms with Gasteiger partial charge in [0.25, 0.3) is 0 Å². The Balaban J connectivity index is 1.21.